The van der Waals surface area contributed by atoms with E-state index in [0.29, 0.717) is 17.1 Å². The first-order chi connectivity index (χ1) is 24.0. The van der Waals surface area contributed by atoms with Crippen molar-refractivity contribution < 1.29 is 37.3 Å². The molecule has 2 saturated heterocycles. The average Bonchev–Trinajstić information content (AvgIpc) is 3.79. The van der Waals surface area contributed by atoms with Crippen LogP contribution in [0.2, 0.25) is 0 Å². The molecule has 2 fully saturated rings. The fourth-order valence-electron chi connectivity index (χ4n) is 6.25. The second-order valence-corrected chi connectivity index (χ2v) is 14.9. The Morgan fingerprint density at radius 1 is 1.00 bits per heavy atom. The molecule has 2 amide bonds. The van der Waals surface area contributed by atoms with Crippen molar-refractivity contribution in [3.8, 4) is 11.1 Å². The van der Waals surface area contributed by atoms with Gasteiger partial charge in [0.1, 0.15) is 11.0 Å². The highest BCUT2D eigenvalue weighted by atomic mass is 32.2. The summed E-state index contributed by atoms with van der Waals surface area (Å²) in [5, 5.41) is 21.5. The number of carbonyl (C=O) groups excluding carboxylic acids is 2. The summed E-state index contributed by atoms with van der Waals surface area (Å²) in [5.74, 6) is -1.89. The van der Waals surface area contributed by atoms with E-state index in [1.54, 1.807) is 23.1 Å². The lowest BCUT2D eigenvalue weighted by atomic mass is 9.91. The zero-order valence-corrected chi connectivity index (χ0v) is 29.1. The maximum absolute atomic E-state index is 13.0. The van der Waals surface area contributed by atoms with E-state index in [-0.39, 0.29) is 44.2 Å². The SMILES string of the molecule is Cc1nnc(SC[C@H]2O[C@@H](c3ccc(-c4cccc(CNC(=O)[C@@H]5CCCN5C(=O)C(F)(F)F)c4)cc3)O[C@@H](c3ccc(CO)cc3)[C@H]2C)s1. The van der Waals surface area contributed by atoms with E-state index in [2.05, 4.69) is 22.4 Å². The first-order valence-corrected chi connectivity index (χ1v) is 18.1. The van der Waals surface area contributed by atoms with Crippen LogP contribution in [0.15, 0.2) is 77.1 Å². The number of aliphatic hydroxyl groups is 1. The van der Waals surface area contributed by atoms with Gasteiger partial charge in [-0.15, -0.1) is 10.2 Å². The molecule has 9 nitrogen and oxygen atoms in total. The van der Waals surface area contributed by atoms with Crippen molar-refractivity contribution in [3.63, 3.8) is 0 Å². The van der Waals surface area contributed by atoms with E-state index < -0.39 is 30.3 Å². The summed E-state index contributed by atoms with van der Waals surface area (Å²) in [7, 11) is 0. The number of ether oxygens (including phenoxy) is 2. The van der Waals surface area contributed by atoms with Crippen molar-refractivity contribution in [3.05, 3.63) is 100 Å². The minimum atomic E-state index is -5.02. The molecule has 4 aromatic rings. The van der Waals surface area contributed by atoms with Gasteiger partial charge in [0.25, 0.3) is 0 Å². The van der Waals surface area contributed by atoms with Crippen molar-refractivity contribution >= 4 is 34.9 Å². The number of thioether (sulfide) groups is 1. The molecule has 3 heterocycles. The molecular weight excluding hydrogens is 690 g/mol. The first kappa shape index (κ1) is 36.0. The van der Waals surface area contributed by atoms with Crippen LogP contribution in [-0.4, -0.2) is 62.6 Å². The van der Waals surface area contributed by atoms with Gasteiger partial charge in [-0.2, -0.15) is 13.2 Å². The molecule has 264 valence electrons. The van der Waals surface area contributed by atoms with Gasteiger partial charge < -0.3 is 24.8 Å². The molecule has 2 aliphatic heterocycles. The Morgan fingerprint density at radius 3 is 2.42 bits per heavy atom. The number of aryl methyl sites for hydroxylation is 1. The maximum Gasteiger partial charge on any atom is 0.471 e. The number of benzene rings is 3. The largest absolute Gasteiger partial charge is 0.471 e. The highest BCUT2D eigenvalue weighted by Gasteiger charge is 2.47. The number of amides is 2. The number of nitrogens with zero attached hydrogens (tertiary/aromatic N) is 3. The highest BCUT2D eigenvalue weighted by Crippen LogP contribution is 2.43. The molecule has 0 saturated carbocycles. The number of hydrogen-bond acceptors (Lipinski definition) is 9. The van der Waals surface area contributed by atoms with Gasteiger partial charge in [0, 0.05) is 30.3 Å². The van der Waals surface area contributed by atoms with E-state index in [0.717, 1.165) is 42.7 Å². The number of alkyl halides is 3. The molecule has 14 heteroatoms. The van der Waals surface area contributed by atoms with E-state index in [1.165, 1.54) is 0 Å². The van der Waals surface area contributed by atoms with Crippen molar-refractivity contribution in [1.29, 1.82) is 0 Å². The number of nitrogens with one attached hydrogen (secondary N) is 1. The Balaban J connectivity index is 1.14. The molecule has 0 spiro atoms. The summed E-state index contributed by atoms with van der Waals surface area (Å²) in [4.78, 5) is 25.2. The van der Waals surface area contributed by atoms with E-state index in [1.807, 2.05) is 79.7 Å². The number of carbonyl (C=O) groups is 2. The third kappa shape index (κ3) is 8.37. The molecule has 0 radical (unpaired) electrons. The van der Waals surface area contributed by atoms with Crippen molar-refractivity contribution in [2.75, 3.05) is 12.3 Å². The molecule has 1 aromatic heterocycles. The van der Waals surface area contributed by atoms with Crippen molar-refractivity contribution in [1.82, 2.24) is 20.4 Å². The van der Waals surface area contributed by atoms with Gasteiger partial charge in [-0.1, -0.05) is 96.8 Å². The third-order valence-corrected chi connectivity index (χ3v) is 11.0. The number of aliphatic hydroxyl groups excluding tert-OH is 1. The molecule has 6 rings (SSSR count). The number of aromatic nitrogens is 2. The summed E-state index contributed by atoms with van der Waals surface area (Å²) in [5.41, 5.74) is 5.24. The van der Waals surface area contributed by atoms with Gasteiger partial charge in [0.15, 0.2) is 10.6 Å². The van der Waals surface area contributed by atoms with Crippen LogP contribution in [0.3, 0.4) is 0 Å². The molecule has 0 aliphatic carbocycles. The van der Waals surface area contributed by atoms with Gasteiger partial charge in [0.2, 0.25) is 5.91 Å². The predicted octanol–water partition coefficient (Wildman–Crippen LogP) is 6.76. The Morgan fingerprint density at radius 2 is 1.74 bits per heavy atom. The zero-order valence-electron chi connectivity index (χ0n) is 27.4. The summed E-state index contributed by atoms with van der Waals surface area (Å²) in [6, 6.07) is 22.0. The fraction of sp³-hybridized carbons (Fsp3) is 0.389. The molecule has 2 N–H and O–H groups in total. The summed E-state index contributed by atoms with van der Waals surface area (Å²) in [6.45, 7) is 4.01. The van der Waals surface area contributed by atoms with Crippen LogP contribution in [0.25, 0.3) is 11.1 Å². The topological polar surface area (TPSA) is 114 Å². The number of hydrogen-bond donors (Lipinski definition) is 2. The lowest BCUT2D eigenvalue weighted by molar-refractivity contribution is -0.268. The normalized spacial score (nSPS) is 22.4. The quantitative estimate of drug-likeness (QED) is 0.173. The number of rotatable bonds is 10. The first-order valence-electron chi connectivity index (χ1n) is 16.3. The summed E-state index contributed by atoms with van der Waals surface area (Å²) in [6.07, 6.45) is -5.53. The minimum Gasteiger partial charge on any atom is -0.392 e. The van der Waals surface area contributed by atoms with Crippen LogP contribution >= 0.6 is 23.1 Å². The zero-order chi connectivity index (χ0) is 35.4. The molecule has 5 atom stereocenters. The third-order valence-electron chi connectivity index (χ3n) is 8.97. The van der Waals surface area contributed by atoms with Gasteiger partial charge in [0.05, 0.1) is 18.8 Å². The van der Waals surface area contributed by atoms with E-state index >= 15 is 0 Å². The van der Waals surface area contributed by atoms with Crippen LogP contribution in [0.1, 0.15) is 59.4 Å². The standard InChI is InChI=1S/C36H37F3N4O5S2/c1-21-30(20-49-35-42-41-22(2)50-35)47-33(48-31(21)26-10-8-23(19-44)9-11-26)27-14-12-25(13-15-27)28-6-3-5-24(17-28)18-40-32(45)29-7-4-16-43(29)34(46)36(37,38)39/h3,5-6,8-15,17,21,29-31,33,44H,4,7,16,18-20H2,1-2H3,(H,40,45)/t21-,29-,30+,31+,33+/m0/s1. The lowest BCUT2D eigenvalue weighted by Gasteiger charge is -2.41. The molecular formula is C36H37F3N4O5S2. The molecule has 0 unspecified atom stereocenters. The van der Waals surface area contributed by atoms with Crippen LogP contribution < -0.4 is 5.32 Å². The van der Waals surface area contributed by atoms with E-state index in [4.69, 9.17) is 9.47 Å². The van der Waals surface area contributed by atoms with Gasteiger partial charge in [-0.3, -0.25) is 9.59 Å². The Hall–Kier alpha value is -3.82. The second-order valence-electron chi connectivity index (χ2n) is 12.4. The molecule has 50 heavy (non-hydrogen) atoms. The predicted molar refractivity (Wildman–Crippen MR) is 183 cm³/mol. The van der Waals surface area contributed by atoms with Gasteiger partial charge in [-0.05, 0) is 53.6 Å². The number of likely N-dealkylation sites (tertiary alicyclic amines) is 1. The molecule has 0 bridgehead atoms. The minimum absolute atomic E-state index is 0.0251. The lowest BCUT2D eigenvalue weighted by Crippen LogP contribution is -2.50. The van der Waals surface area contributed by atoms with Crippen LogP contribution in [0, 0.1) is 12.8 Å². The summed E-state index contributed by atoms with van der Waals surface area (Å²) >= 11 is 3.16. The molecule has 2 aliphatic rings. The maximum atomic E-state index is 13.0. The van der Waals surface area contributed by atoms with Crippen molar-refractivity contribution in [2.45, 2.75) is 74.9 Å². The smallest absolute Gasteiger partial charge is 0.392 e. The monoisotopic (exact) mass is 726 g/mol. The van der Waals surface area contributed by atoms with Crippen LogP contribution in [-0.2, 0) is 32.2 Å². The van der Waals surface area contributed by atoms with Gasteiger partial charge >= 0.3 is 12.1 Å². The fourth-order valence-corrected chi connectivity index (χ4v) is 8.25. The van der Waals surface area contributed by atoms with Crippen LogP contribution in [0.5, 0.6) is 0 Å². The Labute approximate surface area is 296 Å². The average molecular weight is 727 g/mol. The van der Waals surface area contributed by atoms with Crippen molar-refractivity contribution in [2.24, 2.45) is 5.92 Å². The molecule has 3 aromatic carbocycles. The second kappa shape index (κ2) is 15.6. The van der Waals surface area contributed by atoms with Crippen LogP contribution in [0.4, 0.5) is 13.2 Å². The van der Waals surface area contributed by atoms with Gasteiger partial charge in [-0.25, -0.2) is 0 Å². The van der Waals surface area contributed by atoms with E-state index in [9.17, 15) is 27.9 Å². The Bertz CT molecular complexity index is 1790. The summed E-state index contributed by atoms with van der Waals surface area (Å²) < 4.78 is 53.1. The highest BCUT2D eigenvalue weighted by molar-refractivity contribution is 8.01. The Kier molecular flexibility index (Phi) is 11.2. The number of halogens is 3.